The Labute approximate surface area is 111 Å². The van der Waals surface area contributed by atoms with Crippen LogP contribution in [-0.4, -0.2) is 9.38 Å². The zero-order chi connectivity index (χ0) is 13.2. The third-order valence-electron chi connectivity index (χ3n) is 3.02. The van der Waals surface area contributed by atoms with Gasteiger partial charge in [-0.15, -0.1) is 0 Å². The summed E-state index contributed by atoms with van der Waals surface area (Å²) in [6.07, 6.45) is 3.70. The highest BCUT2D eigenvalue weighted by Gasteiger charge is 2.04. The molecule has 0 spiro atoms. The van der Waals surface area contributed by atoms with Crippen LogP contribution in [0.2, 0.25) is 0 Å². The van der Waals surface area contributed by atoms with Crippen molar-refractivity contribution in [1.82, 2.24) is 9.38 Å². The third-order valence-corrected chi connectivity index (χ3v) is 3.02. The lowest BCUT2D eigenvalue weighted by Crippen LogP contribution is -2.01. The number of nitrogen functional groups attached to an aromatic ring is 1. The van der Waals surface area contributed by atoms with Crippen LogP contribution in [0.25, 0.3) is 5.52 Å². The van der Waals surface area contributed by atoms with Crippen molar-refractivity contribution in [3.8, 4) is 5.75 Å². The number of aryl methyl sites for hydroxylation is 1. The van der Waals surface area contributed by atoms with Crippen molar-refractivity contribution < 1.29 is 4.74 Å². The predicted molar refractivity (Wildman–Crippen MR) is 75.1 cm³/mol. The number of benzene rings is 1. The second kappa shape index (κ2) is 4.65. The number of hydrogen-bond acceptors (Lipinski definition) is 3. The lowest BCUT2D eigenvalue weighted by atomic mass is 10.2. The van der Waals surface area contributed by atoms with E-state index in [4.69, 9.17) is 10.5 Å². The first kappa shape index (κ1) is 11.6. The zero-order valence-corrected chi connectivity index (χ0v) is 10.7. The van der Waals surface area contributed by atoms with E-state index < -0.39 is 0 Å². The molecule has 0 bridgehead atoms. The maximum absolute atomic E-state index is 5.74. The van der Waals surface area contributed by atoms with E-state index in [2.05, 4.69) is 11.9 Å². The topological polar surface area (TPSA) is 52.5 Å². The summed E-state index contributed by atoms with van der Waals surface area (Å²) < 4.78 is 7.71. The number of rotatable bonds is 3. The average Bonchev–Trinajstić information content (AvgIpc) is 2.80. The van der Waals surface area contributed by atoms with Gasteiger partial charge in [0.25, 0.3) is 0 Å². The molecule has 2 N–H and O–H groups in total. The molecule has 96 valence electrons. The minimum atomic E-state index is 0.432. The molecule has 0 fully saturated rings. The molecular formula is C15H15N3O. The number of nitrogens with two attached hydrogens (primary N) is 1. The lowest BCUT2D eigenvalue weighted by molar-refractivity contribution is 0.295. The summed E-state index contributed by atoms with van der Waals surface area (Å²) in [6.45, 7) is 2.48. The van der Waals surface area contributed by atoms with Gasteiger partial charge in [-0.3, -0.25) is 0 Å². The Bertz CT molecular complexity index is 701. The maximum Gasteiger partial charge on any atom is 0.151 e. The van der Waals surface area contributed by atoms with Gasteiger partial charge in [-0.25, -0.2) is 4.98 Å². The van der Waals surface area contributed by atoms with E-state index >= 15 is 0 Å². The number of nitrogens with zero attached hydrogens (tertiary/aromatic N) is 2. The number of imidazole rings is 1. The molecule has 19 heavy (non-hydrogen) atoms. The second-order valence-electron chi connectivity index (χ2n) is 4.53. The number of aromatic nitrogens is 2. The molecule has 2 heterocycles. The fraction of sp³-hybridized carbons (Fsp3) is 0.133. The van der Waals surface area contributed by atoms with Gasteiger partial charge >= 0.3 is 0 Å². The Morgan fingerprint density at radius 2 is 2.00 bits per heavy atom. The molecule has 0 saturated heterocycles. The van der Waals surface area contributed by atoms with Gasteiger partial charge < -0.3 is 14.9 Å². The van der Waals surface area contributed by atoms with E-state index in [9.17, 15) is 0 Å². The van der Waals surface area contributed by atoms with Crippen LogP contribution in [-0.2, 0) is 6.61 Å². The molecule has 0 atom stereocenters. The Balaban J connectivity index is 1.80. The van der Waals surface area contributed by atoms with Crippen molar-refractivity contribution in [1.29, 1.82) is 0 Å². The van der Waals surface area contributed by atoms with Gasteiger partial charge in [0.1, 0.15) is 12.4 Å². The quantitative estimate of drug-likeness (QED) is 0.781. The Kier molecular flexibility index (Phi) is 2.83. The summed E-state index contributed by atoms with van der Waals surface area (Å²) in [5.74, 6) is 1.70. The van der Waals surface area contributed by atoms with Crippen LogP contribution in [0, 0.1) is 6.92 Å². The third kappa shape index (κ3) is 2.38. The van der Waals surface area contributed by atoms with Crippen LogP contribution in [0.3, 0.4) is 0 Å². The van der Waals surface area contributed by atoms with Crippen molar-refractivity contribution in [3.05, 3.63) is 60.2 Å². The summed E-state index contributed by atoms with van der Waals surface area (Å²) in [6, 6.07) is 11.7. The average molecular weight is 253 g/mol. The van der Waals surface area contributed by atoms with E-state index in [1.165, 1.54) is 5.56 Å². The van der Waals surface area contributed by atoms with Crippen LogP contribution in [0.5, 0.6) is 5.75 Å². The van der Waals surface area contributed by atoms with Gasteiger partial charge in [-0.1, -0.05) is 17.7 Å². The van der Waals surface area contributed by atoms with E-state index in [0.29, 0.717) is 6.61 Å². The molecule has 0 aliphatic rings. The van der Waals surface area contributed by atoms with Crippen LogP contribution < -0.4 is 10.5 Å². The number of fused-ring (bicyclic) bond motifs is 1. The number of pyridine rings is 1. The fourth-order valence-corrected chi connectivity index (χ4v) is 1.96. The first-order valence-corrected chi connectivity index (χ1v) is 6.13. The highest BCUT2D eigenvalue weighted by Crippen LogP contribution is 2.15. The standard InChI is InChI=1S/C15H15N3O/c1-11-2-4-14(5-3-11)19-10-15-17-9-13-8-12(16)6-7-18(13)15/h2-9H,10,16H2,1H3. The van der Waals surface area contributed by atoms with Crippen LogP contribution in [0.15, 0.2) is 48.8 Å². The summed E-state index contributed by atoms with van der Waals surface area (Å²) in [4.78, 5) is 4.35. The van der Waals surface area contributed by atoms with E-state index in [1.54, 1.807) is 6.20 Å². The number of anilines is 1. The molecule has 0 saturated carbocycles. The van der Waals surface area contributed by atoms with E-state index in [1.807, 2.05) is 47.0 Å². The minimum absolute atomic E-state index is 0.432. The van der Waals surface area contributed by atoms with Gasteiger partial charge in [-0.05, 0) is 31.2 Å². The van der Waals surface area contributed by atoms with Crippen LogP contribution in [0.4, 0.5) is 5.69 Å². The molecule has 0 amide bonds. The van der Waals surface area contributed by atoms with Crippen molar-refractivity contribution in [3.63, 3.8) is 0 Å². The fourth-order valence-electron chi connectivity index (χ4n) is 1.96. The molecule has 0 aliphatic heterocycles. The molecule has 1 aromatic carbocycles. The molecule has 4 nitrogen and oxygen atoms in total. The molecule has 0 radical (unpaired) electrons. The Morgan fingerprint density at radius 3 is 2.79 bits per heavy atom. The van der Waals surface area contributed by atoms with Crippen molar-refractivity contribution in [2.24, 2.45) is 0 Å². The molecule has 4 heteroatoms. The zero-order valence-electron chi connectivity index (χ0n) is 10.7. The summed E-state index contributed by atoms with van der Waals surface area (Å²) in [7, 11) is 0. The smallest absolute Gasteiger partial charge is 0.151 e. The Hall–Kier alpha value is -2.49. The monoisotopic (exact) mass is 253 g/mol. The second-order valence-corrected chi connectivity index (χ2v) is 4.53. The lowest BCUT2D eigenvalue weighted by Gasteiger charge is -2.06. The SMILES string of the molecule is Cc1ccc(OCc2ncc3cc(N)ccn23)cc1. The van der Waals surface area contributed by atoms with Gasteiger partial charge in [0.05, 0.1) is 11.7 Å². The van der Waals surface area contributed by atoms with Gasteiger partial charge in [0.2, 0.25) is 0 Å². The van der Waals surface area contributed by atoms with Crippen LogP contribution >= 0.6 is 0 Å². The largest absolute Gasteiger partial charge is 0.486 e. The summed E-state index contributed by atoms with van der Waals surface area (Å²) in [5, 5.41) is 0. The molecule has 2 aromatic heterocycles. The highest BCUT2D eigenvalue weighted by atomic mass is 16.5. The van der Waals surface area contributed by atoms with Crippen molar-refractivity contribution >= 4 is 11.2 Å². The number of hydrogen-bond donors (Lipinski definition) is 1. The molecule has 0 aliphatic carbocycles. The summed E-state index contributed by atoms with van der Waals surface area (Å²) >= 11 is 0. The van der Waals surface area contributed by atoms with Crippen molar-refractivity contribution in [2.45, 2.75) is 13.5 Å². The van der Waals surface area contributed by atoms with Gasteiger partial charge in [0, 0.05) is 11.9 Å². The first-order valence-electron chi connectivity index (χ1n) is 6.13. The van der Waals surface area contributed by atoms with E-state index in [-0.39, 0.29) is 0 Å². The molecule has 0 unspecified atom stereocenters. The Morgan fingerprint density at radius 1 is 1.21 bits per heavy atom. The highest BCUT2D eigenvalue weighted by molar-refractivity contribution is 5.55. The molecular weight excluding hydrogens is 238 g/mol. The number of ether oxygens (including phenoxy) is 1. The minimum Gasteiger partial charge on any atom is -0.486 e. The normalized spacial score (nSPS) is 10.8. The van der Waals surface area contributed by atoms with Gasteiger partial charge in [-0.2, -0.15) is 0 Å². The maximum atomic E-state index is 5.74. The van der Waals surface area contributed by atoms with E-state index in [0.717, 1.165) is 22.8 Å². The molecule has 3 aromatic rings. The van der Waals surface area contributed by atoms with Crippen LogP contribution in [0.1, 0.15) is 11.4 Å². The van der Waals surface area contributed by atoms with Crippen molar-refractivity contribution in [2.75, 3.05) is 5.73 Å². The first-order chi connectivity index (χ1) is 9.22. The van der Waals surface area contributed by atoms with Gasteiger partial charge in [0.15, 0.2) is 5.82 Å². The molecule has 3 rings (SSSR count). The predicted octanol–water partition coefficient (Wildman–Crippen LogP) is 2.80. The summed E-state index contributed by atoms with van der Waals surface area (Å²) in [5.41, 5.74) is 8.67.